The van der Waals surface area contributed by atoms with Crippen LogP contribution >= 0.6 is 11.3 Å². The van der Waals surface area contributed by atoms with Gasteiger partial charge in [-0.3, -0.25) is 4.79 Å². The van der Waals surface area contributed by atoms with Gasteiger partial charge in [0.15, 0.2) is 10.6 Å². The molecule has 0 unspecified atom stereocenters. The number of hydrogen-bond donors (Lipinski definition) is 1. The molecule has 1 N–H and O–H groups in total. The number of aliphatic hydroxyl groups is 1. The Labute approximate surface area is 169 Å². The Morgan fingerprint density at radius 2 is 2.11 bits per heavy atom. The first-order chi connectivity index (χ1) is 13.2. The third-order valence-electron chi connectivity index (χ3n) is 5.03. The minimum absolute atomic E-state index is 0.194. The lowest BCUT2D eigenvalue weighted by molar-refractivity contribution is -0.171. The van der Waals surface area contributed by atoms with Crippen molar-refractivity contribution in [3.8, 4) is 0 Å². The maximum atomic E-state index is 13.1. The summed E-state index contributed by atoms with van der Waals surface area (Å²) in [4.78, 5) is 23.2. The predicted octanol–water partition coefficient (Wildman–Crippen LogP) is 3.52. The molecule has 2 heterocycles. The van der Waals surface area contributed by atoms with Crippen LogP contribution in [-0.2, 0) is 23.0 Å². The Morgan fingerprint density at radius 3 is 2.71 bits per heavy atom. The van der Waals surface area contributed by atoms with Gasteiger partial charge in [-0.25, -0.2) is 9.98 Å². The van der Waals surface area contributed by atoms with Crippen molar-refractivity contribution in [3.05, 3.63) is 40.3 Å². The van der Waals surface area contributed by atoms with Crippen molar-refractivity contribution < 1.29 is 14.6 Å². The molecule has 7 heteroatoms. The molecule has 1 aliphatic carbocycles. The van der Waals surface area contributed by atoms with Crippen LogP contribution < -0.4 is 4.80 Å². The number of nitrogens with zero attached hydrogens (tertiary/aromatic N) is 3. The number of carbonyl (C=O) groups is 1. The van der Waals surface area contributed by atoms with Crippen molar-refractivity contribution in [1.29, 1.82) is 0 Å². The Hall–Kier alpha value is -1.99. The number of ether oxygens (including phenoxy) is 1. The number of esters is 1. The highest BCUT2D eigenvalue weighted by Gasteiger charge is 2.44. The van der Waals surface area contributed by atoms with Gasteiger partial charge in [0.25, 0.3) is 0 Å². The molecule has 1 aliphatic rings. The summed E-state index contributed by atoms with van der Waals surface area (Å²) in [6, 6.07) is 5.73. The molecular formula is C21H29N3O3S. The van der Waals surface area contributed by atoms with Crippen LogP contribution in [0.25, 0.3) is 0 Å². The third kappa shape index (κ3) is 5.08. The molecule has 1 saturated carbocycles. The second-order valence-electron chi connectivity index (χ2n) is 8.59. The molecule has 0 aromatic carbocycles. The van der Waals surface area contributed by atoms with Gasteiger partial charge in [-0.1, -0.05) is 6.07 Å². The molecule has 1 fully saturated rings. The van der Waals surface area contributed by atoms with Gasteiger partial charge in [-0.15, -0.1) is 11.3 Å². The molecular weight excluding hydrogens is 374 g/mol. The summed E-state index contributed by atoms with van der Waals surface area (Å²) in [7, 11) is 1.95. The lowest BCUT2D eigenvalue weighted by atomic mass is 9.70. The molecule has 0 aliphatic heterocycles. The number of hydrogen-bond acceptors (Lipinski definition) is 6. The van der Waals surface area contributed by atoms with Crippen molar-refractivity contribution in [2.45, 2.75) is 64.6 Å². The Kier molecular flexibility index (Phi) is 6.05. The van der Waals surface area contributed by atoms with Crippen LogP contribution in [0.5, 0.6) is 0 Å². The summed E-state index contributed by atoms with van der Waals surface area (Å²) in [5, 5.41) is 11.9. The van der Waals surface area contributed by atoms with E-state index in [1.165, 1.54) is 0 Å². The van der Waals surface area contributed by atoms with Crippen LogP contribution in [0.1, 0.15) is 52.1 Å². The molecule has 0 amide bonds. The first kappa shape index (κ1) is 20.7. The zero-order valence-corrected chi connectivity index (χ0v) is 17.8. The number of rotatable bonds is 4. The van der Waals surface area contributed by atoms with Gasteiger partial charge in [0.1, 0.15) is 5.60 Å². The summed E-state index contributed by atoms with van der Waals surface area (Å²) in [5.74, 6) is 0.437. The second-order valence-corrected chi connectivity index (χ2v) is 9.46. The average molecular weight is 404 g/mol. The van der Waals surface area contributed by atoms with Crippen molar-refractivity contribution >= 4 is 23.1 Å². The van der Waals surface area contributed by atoms with E-state index in [4.69, 9.17) is 4.74 Å². The highest BCUT2D eigenvalue weighted by atomic mass is 32.1. The molecule has 28 heavy (non-hydrogen) atoms. The predicted molar refractivity (Wildman–Crippen MR) is 109 cm³/mol. The van der Waals surface area contributed by atoms with Crippen LogP contribution in [-0.4, -0.2) is 32.3 Å². The third-order valence-corrected chi connectivity index (χ3v) is 5.87. The summed E-state index contributed by atoms with van der Waals surface area (Å²) in [6.45, 7) is 5.65. The summed E-state index contributed by atoms with van der Waals surface area (Å²) in [6.07, 6.45) is 4.52. The van der Waals surface area contributed by atoms with Crippen LogP contribution in [0, 0.1) is 5.41 Å². The normalized spacial score (nSPS) is 23.6. The Bertz CT molecular complexity index is 887. The van der Waals surface area contributed by atoms with Crippen LogP contribution in [0.3, 0.4) is 0 Å². The highest BCUT2D eigenvalue weighted by Crippen LogP contribution is 2.41. The monoisotopic (exact) mass is 403 g/mol. The fourth-order valence-electron chi connectivity index (χ4n) is 3.50. The molecule has 2 aromatic heterocycles. The molecule has 0 radical (unpaired) electrons. The molecule has 0 saturated heterocycles. The molecule has 2 aromatic rings. The lowest BCUT2D eigenvalue weighted by Crippen LogP contribution is -2.43. The summed E-state index contributed by atoms with van der Waals surface area (Å²) < 4.78 is 7.69. The summed E-state index contributed by atoms with van der Waals surface area (Å²) in [5.41, 5.74) is -0.368. The molecule has 6 nitrogen and oxygen atoms in total. The van der Waals surface area contributed by atoms with E-state index in [-0.39, 0.29) is 12.1 Å². The fourth-order valence-corrected chi connectivity index (χ4v) is 4.24. The van der Waals surface area contributed by atoms with E-state index in [2.05, 4.69) is 9.98 Å². The van der Waals surface area contributed by atoms with Crippen LogP contribution in [0.4, 0.5) is 5.82 Å². The zero-order chi connectivity index (χ0) is 20.4. The number of aryl methyl sites for hydroxylation is 1. The smallest absolute Gasteiger partial charge is 0.312 e. The van der Waals surface area contributed by atoms with Gasteiger partial charge in [-0.05, 0) is 58.6 Å². The molecule has 152 valence electrons. The van der Waals surface area contributed by atoms with Gasteiger partial charge in [0.2, 0.25) is 0 Å². The van der Waals surface area contributed by atoms with Crippen LogP contribution in [0.2, 0.25) is 0 Å². The van der Waals surface area contributed by atoms with Gasteiger partial charge in [0.05, 0.1) is 11.5 Å². The number of aromatic nitrogens is 2. The Morgan fingerprint density at radius 1 is 1.39 bits per heavy atom. The van der Waals surface area contributed by atoms with Crippen LogP contribution in [0.15, 0.2) is 34.8 Å². The van der Waals surface area contributed by atoms with Gasteiger partial charge in [0, 0.05) is 30.7 Å². The van der Waals surface area contributed by atoms with Crippen molar-refractivity contribution in [1.82, 2.24) is 9.55 Å². The first-order valence-corrected chi connectivity index (χ1v) is 10.6. The maximum Gasteiger partial charge on any atom is 0.312 e. The first-order valence-electron chi connectivity index (χ1n) is 9.69. The Balaban J connectivity index is 1.88. The fraction of sp³-hybridized carbons (Fsp3) is 0.571. The molecule has 0 atom stereocenters. The van der Waals surface area contributed by atoms with E-state index < -0.39 is 11.0 Å². The molecule has 0 spiro atoms. The van der Waals surface area contributed by atoms with Crippen molar-refractivity contribution in [2.75, 3.05) is 0 Å². The van der Waals surface area contributed by atoms with Gasteiger partial charge >= 0.3 is 5.97 Å². The standard InChI is InChI=1S/C21H29N3O3S/c1-20(2,3)27-18(26)21(10-8-16(25)9-11-21)14-15-6-5-7-17(22-15)23-19-24(4)12-13-28-19/h5-7,12-13,16,25H,8-11,14H2,1-4H3. The van der Waals surface area contributed by atoms with E-state index in [9.17, 15) is 9.90 Å². The highest BCUT2D eigenvalue weighted by molar-refractivity contribution is 7.07. The minimum Gasteiger partial charge on any atom is -0.460 e. The number of carbonyl (C=O) groups excluding carboxylic acids is 1. The van der Waals surface area contributed by atoms with Crippen molar-refractivity contribution in [3.63, 3.8) is 0 Å². The van der Waals surface area contributed by atoms with E-state index in [1.54, 1.807) is 11.3 Å². The minimum atomic E-state index is -0.647. The van der Waals surface area contributed by atoms with E-state index in [1.807, 2.05) is 62.2 Å². The lowest BCUT2D eigenvalue weighted by Gasteiger charge is -2.38. The topological polar surface area (TPSA) is 76.7 Å². The SMILES string of the molecule is Cn1ccsc1=Nc1cccc(CC2(C(=O)OC(C)(C)C)CCC(O)CC2)n1. The number of thiazole rings is 1. The van der Waals surface area contributed by atoms with E-state index in [0.29, 0.717) is 37.9 Å². The quantitative estimate of drug-likeness (QED) is 0.793. The average Bonchev–Trinajstić information content (AvgIpc) is 3.01. The van der Waals surface area contributed by atoms with Gasteiger partial charge < -0.3 is 14.4 Å². The molecule has 0 bridgehead atoms. The molecule has 3 rings (SSSR count). The number of aliphatic hydroxyl groups excluding tert-OH is 1. The van der Waals surface area contributed by atoms with E-state index in [0.717, 1.165) is 10.5 Å². The number of pyridine rings is 1. The largest absolute Gasteiger partial charge is 0.460 e. The van der Waals surface area contributed by atoms with Crippen molar-refractivity contribution in [2.24, 2.45) is 17.5 Å². The van der Waals surface area contributed by atoms with Gasteiger partial charge in [-0.2, -0.15) is 0 Å². The summed E-state index contributed by atoms with van der Waals surface area (Å²) >= 11 is 1.55. The second kappa shape index (κ2) is 8.17. The van der Waals surface area contributed by atoms with E-state index >= 15 is 0 Å². The maximum absolute atomic E-state index is 13.1. The zero-order valence-electron chi connectivity index (χ0n) is 17.0.